The van der Waals surface area contributed by atoms with E-state index in [4.69, 9.17) is 0 Å². The smallest absolute Gasteiger partial charge is 0.271 e. The highest BCUT2D eigenvalue weighted by molar-refractivity contribution is 7.13. The summed E-state index contributed by atoms with van der Waals surface area (Å²) >= 11 is 1.43. The highest BCUT2D eigenvalue weighted by Crippen LogP contribution is 2.32. The first-order valence-electron chi connectivity index (χ1n) is 8.95. The van der Waals surface area contributed by atoms with Gasteiger partial charge in [0.2, 0.25) is 0 Å². The monoisotopic (exact) mass is 369 g/mol. The van der Waals surface area contributed by atoms with Crippen LogP contribution in [0, 0.1) is 13.8 Å². The molecule has 1 aromatic carbocycles. The number of fused-ring (bicyclic) bond motifs is 1. The zero-order chi connectivity index (χ0) is 18.3. The molecule has 0 radical (unpaired) electrons. The van der Waals surface area contributed by atoms with Crippen LogP contribution in [0.15, 0.2) is 41.2 Å². The number of aromatic nitrogens is 2. The van der Waals surface area contributed by atoms with Gasteiger partial charge in [-0.15, -0.1) is 0 Å². The maximum atomic E-state index is 12.7. The predicted octanol–water partition coefficient (Wildman–Crippen LogP) is 3.02. The first-order chi connectivity index (χ1) is 12.5. The molecular weight excluding hydrogens is 346 g/mol. The molecule has 3 heterocycles. The second-order valence-corrected chi connectivity index (χ2v) is 8.20. The van der Waals surface area contributed by atoms with E-state index in [9.17, 15) is 9.90 Å². The van der Waals surface area contributed by atoms with Crippen LogP contribution in [0.4, 0.5) is 0 Å². The molecule has 6 heteroatoms. The van der Waals surface area contributed by atoms with E-state index >= 15 is 0 Å². The molecule has 4 rings (SSSR count). The van der Waals surface area contributed by atoms with Gasteiger partial charge in [-0.2, -0.15) is 0 Å². The van der Waals surface area contributed by atoms with Gasteiger partial charge in [-0.05, 0) is 55.4 Å². The molecule has 2 aromatic heterocycles. The van der Waals surface area contributed by atoms with Crippen LogP contribution in [-0.4, -0.2) is 32.0 Å². The first kappa shape index (κ1) is 17.4. The minimum absolute atomic E-state index is 0.0406. The fourth-order valence-electron chi connectivity index (χ4n) is 3.78. The number of aryl methyl sites for hydroxylation is 2. The molecule has 0 saturated carbocycles. The minimum Gasteiger partial charge on any atom is -0.385 e. The maximum Gasteiger partial charge on any atom is 0.271 e. The number of hydrogen-bond donors (Lipinski definition) is 1. The molecular formula is C20H23N3O2S. The Morgan fingerprint density at radius 2 is 1.88 bits per heavy atom. The van der Waals surface area contributed by atoms with Crippen molar-refractivity contribution in [3.8, 4) is 0 Å². The number of benzene rings is 1. The van der Waals surface area contributed by atoms with E-state index < -0.39 is 5.60 Å². The van der Waals surface area contributed by atoms with E-state index in [-0.39, 0.29) is 5.56 Å². The van der Waals surface area contributed by atoms with Crippen LogP contribution in [0.25, 0.3) is 10.2 Å². The zero-order valence-electron chi connectivity index (χ0n) is 15.1. The summed E-state index contributed by atoms with van der Waals surface area (Å²) in [6.45, 7) is 6.00. The van der Waals surface area contributed by atoms with Gasteiger partial charge < -0.3 is 5.11 Å². The fourth-order valence-corrected chi connectivity index (χ4v) is 4.90. The Kier molecular flexibility index (Phi) is 4.42. The van der Waals surface area contributed by atoms with Gasteiger partial charge in [-0.3, -0.25) is 9.69 Å². The highest BCUT2D eigenvalue weighted by atomic mass is 32.1. The SMILES string of the molecule is Cc1cc(C)c2c(=O)n(CN3CCC(O)(c4ccccc4)CC3)sc2n1. The summed E-state index contributed by atoms with van der Waals surface area (Å²) in [5, 5.41) is 11.7. The Balaban J connectivity index is 1.52. The van der Waals surface area contributed by atoms with E-state index in [2.05, 4.69) is 9.88 Å². The Morgan fingerprint density at radius 3 is 2.58 bits per heavy atom. The summed E-state index contributed by atoms with van der Waals surface area (Å²) in [4.78, 5) is 20.3. The zero-order valence-corrected chi connectivity index (χ0v) is 15.9. The van der Waals surface area contributed by atoms with Gasteiger partial charge in [0, 0.05) is 18.8 Å². The van der Waals surface area contributed by atoms with Crippen LogP contribution < -0.4 is 5.56 Å². The predicted molar refractivity (Wildman–Crippen MR) is 104 cm³/mol. The van der Waals surface area contributed by atoms with Crippen molar-refractivity contribution in [2.75, 3.05) is 13.1 Å². The van der Waals surface area contributed by atoms with Gasteiger partial charge in [0.15, 0.2) is 0 Å². The van der Waals surface area contributed by atoms with Crippen LogP contribution in [-0.2, 0) is 12.3 Å². The Morgan fingerprint density at radius 1 is 1.19 bits per heavy atom. The lowest BCUT2D eigenvalue weighted by atomic mass is 9.84. The third-order valence-electron chi connectivity index (χ3n) is 5.27. The van der Waals surface area contributed by atoms with E-state index in [0.717, 1.165) is 40.1 Å². The van der Waals surface area contributed by atoms with Crippen LogP contribution in [0.5, 0.6) is 0 Å². The average molecular weight is 369 g/mol. The Bertz CT molecular complexity index is 985. The topological polar surface area (TPSA) is 58.4 Å². The molecule has 0 aliphatic carbocycles. The van der Waals surface area contributed by atoms with Crippen molar-refractivity contribution in [1.29, 1.82) is 0 Å². The molecule has 0 unspecified atom stereocenters. The number of likely N-dealkylation sites (tertiary alicyclic amines) is 1. The number of rotatable bonds is 3. The molecule has 1 fully saturated rings. The van der Waals surface area contributed by atoms with Crippen molar-refractivity contribution in [2.24, 2.45) is 0 Å². The van der Waals surface area contributed by atoms with Gasteiger partial charge in [0.1, 0.15) is 4.83 Å². The lowest BCUT2D eigenvalue weighted by molar-refractivity contribution is -0.0319. The third-order valence-corrected chi connectivity index (χ3v) is 6.24. The van der Waals surface area contributed by atoms with Crippen LogP contribution in [0.3, 0.4) is 0 Å². The standard InChI is InChI=1S/C20H23N3O2S/c1-14-12-15(2)21-18-17(14)19(24)23(26-18)13-22-10-8-20(25,9-11-22)16-6-4-3-5-7-16/h3-7,12,25H,8-11,13H2,1-2H3. The van der Waals surface area contributed by atoms with Crippen molar-refractivity contribution in [3.63, 3.8) is 0 Å². The van der Waals surface area contributed by atoms with Crippen molar-refractivity contribution in [1.82, 2.24) is 13.8 Å². The molecule has 136 valence electrons. The maximum absolute atomic E-state index is 12.7. The second kappa shape index (κ2) is 6.61. The van der Waals surface area contributed by atoms with E-state index in [1.807, 2.05) is 50.2 Å². The molecule has 5 nitrogen and oxygen atoms in total. The Hall–Kier alpha value is -2.02. The van der Waals surface area contributed by atoms with Gasteiger partial charge >= 0.3 is 0 Å². The molecule has 0 atom stereocenters. The van der Waals surface area contributed by atoms with Gasteiger partial charge in [0.05, 0.1) is 17.7 Å². The van der Waals surface area contributed by atoms with Crippen molar-refractivity contribution < 1.29 is 5.11 Å². The van der Waals surface area contributed by atoms with Crippen molar-refractivity contribution in [3.05, 3.63) is 63.6 Å². The summed E-state index contributed by atoms with van der Waals surface area (Å²) in [5.74, 6) is 0. The normalized spacial score (nSPS) is 17.7. The highest BCUT2D eigenvalue weighted by Gasteiger charge is 2.34. The summed E-state index contributed by atoms with van der Waals surface area (Å²) < 4.78 is 1.79. The van der Waals surface area contributed by atoms with Crippen molar-refractivity contribution >= 4 is 21.7 Å². The first-order valence-corrected chi connectivity index (χ1v) is 9.72. The fraction of sp³-hybridized carbons (Fsp3) is 0.400. The van der Waals surface area contributed by atoms with Crippen LogP contribution in [0.2, 0.25) is 0 Å². The average Bonchev–Trinajstić information content (AvgIpc) is 2.93. The summed E-state index contributed by atoms with van der Waals surface area (Å²) in [6.07, 6.45) is 1.35. The van der Waals surface area contributed by atoms with E-state index in [1.54, 1.807) is 3.96 Å². The molecule has 3 aromatic rings. The van der Waals surface area contributed by atoms with Crippen LogP contribution >= 0.6 is 11.5 Å². The number of piperidine rings is 1. The van der Waals surface area contributed by atoms with Gasteiger partial charge in [0.25, 0.3) is 5.56 Å². The number of pyridine rings is 1. The van der Waals surface area contributed by atoms with Crippen LogP contribution in [0.1, 0.15) is 29.7 Å². The third kappa shape index (κ3) is 3.09. The molecule has 0 bridgehead atoms. The lowest BCUT2D eigenvalue weighted by Gasteiger charge is -2.38. The van der Waals surface area contributed by atoms with Gasteiger partial charge in [-0.25, -0.2) is 8.94 Å². The lowest BCUT2D eigenvalue weighted by Crippen LogP contribution is -2.43. The minimum atomic E-state index is -0.766. The van der Waals surface area contributed by atoms with Gasteiger partial charge in [-0.1, -0.05) is 30.3 Å². The second-order valence-electron chi connectivity index (χ2n) is 7.19. The van der Waals surface area contributed by atoms with E-state index in [0.29, 0.717) is 19.5 Å². The number of hydrogen-bond acceptors (Lipinski definition) is 5. The summed E-state index contributed by atoms with van der Waals surface area (Å²) in [7, 11) is 0. The number of aliphatic hydroxyl groups is 1. The molecule has 1 saturated heterocycles. The van der Waals surface area contributed by atoms with Crippen molar-refractivity contribution in [2.45, 2.75) is 39.0 Å². The molecule has 1 aliphatic heterocycles. The molecule has 1 N–H and O–H groups in total. The molecule has 26 heavy (non-hydrogen) atoms. The number of nitrogens with zero attached hydrogens (tertiary/aromatic N) is 3. The molecule has 0 spiro atoms. The summed E-state index contributed by atoms with van der Waals surface area (Å²) in [6, 6.07) is 11.8. The largest absolute Gasteiger partial charge is 0.385 e. The Labute approximate surface area is 156 Å². The van der Waals surface area contributed by atoms with E-state index in [1.165, 1.54) is 11.5 Å². The molecule has 0 amide bonds. The summed E-state index contributed by atoms with van der Waals surface area (Å²) in [5.41, 5.74) is 2.18. The molecule has 1 aliphatic rings. The quantitative estimate of drug-likeness (QED) is 0.771.